The number of aliphatic hydroxyl groups is 1. The lowest BCUT2D eigenvalue weighted by atomic mass is 10.2. The Labute approximate surface area is 109 Å². The van der Waals surface area contributed by atoms with Gasteiger partial charge in [0.2, 0.25) is 0 Å². The normalized spacial score (nSPS) is 19.2. The molecule has 1 aromatic carbocycles. The van der Waals surface area contributed by atoms with E-state index in [1.54, 1.807) is 12.4 Å². The van der Waals surface area contributed by atoms with E-state index in [1.807, 2.05) is 9.69 Å². The monoisotopic (exact) mass is 262 g/mol. The van der Waals surface area contributed by atoms with Gasteiger partial charge in [-0.15, -0.1) is 0 Å². The molecular formula is C12H14N4O3. The van der Waals surface area contributed by atoms with Crippen LogP contribution in [0.25, 0.3) is 11.0 Å². The molecule has 1 unspecified atom stereocenters. The summed E-state index contributed by atoms with van der Waals surface area (Å²) in [4.78, 5) is 14.7. The number of nitro groups is 1. The van der Waals surface area contributed by atoms with Crippen LogP contribution >= 0.6 is 0 Å². The highest BCUT2D eigenvalue weighted by molar-refractivity contribution is 5.78. The summed E-state index contributed by atoms with van der Waals surface area (Å²) in [5.74, 6) is 0. The number of rotatable bonds is 3. The van der Waals surface area contributed by atoms with Gasteiger partial charge in [0.1, 0.15) is 6.33 Å². The highest BCUT2D eigenvalue weighted by Crippen LogP contribution is 2.23. The summed E-state index contributed by atoms with van der Waals surface area (Å²) in [6.45, 7) is 0.897. The van der Waals surface area contributed by atoms with Crippen LogP contribution < -0.4 is 5.01 Å². The minimum absolute atomic E-state index is 0.0500. The molecule has 3 rings (SSSR count). The predicted octanol–water partition coefficient (Wildman–Crippen LogP) is 1.04. The van der Waals surface area contributed by atoms with Crippen LogP contribution in [0.5, 0.6) is 0 Å². The Balaban J connectivity index is 2.08. The molecule has 0 amide bonds. The van der Waals surface area contributed by atoms with Crippen molar-refractivity contribution in [2.45, 2.75) is 18.9 Å². The SMILES string of the molecule is O=[N+]([O-])c1ccc2ncn(N3CCCC3CO)c2c1. The molecule has 0 spiro atoms. The third-order valence-corrected chi connectivity index (χ3v) is 3.56. The molecule has 7 nitrogen and oxygen atoms in total. The van der Waals surface area contributed by atoms with Gasteiger partial charge < -0.3 is 10.1 Å². The number of hydrogen-bond acceptors (Lipinski definition) is 5. The molecule has 0 aliphatic carbocycles. The van der Waals surface area contributed by atoms with Crippen LogP contribution in [0.2, 0.25) is 0 Å². The van der Waals surface area contributed by atoms with Gasteiger partial charge >= 0.3 is 0 Å². The second kappa shape index (κ2) is 4.51. The first-order valence-electron chi connectivity index (χ1n) is 6.20. The fourth-order valence-corrected chi connectivity index (χ4v) is 2.59. The lowest BCUT2D eigenvalue weighted by Gasteiger charge is -2.26. The van der Waals surface area contributed by atoms with E-state index in [0.29, 0.717) is 11.0 Å². The highest BCUT2D eigenvalue weighted by Gasteiger charge is 2.25. The number of fused-ring (bicyclic) bond motifs is 1. The van der Waals surface area contributed by atoms with E-state index in [2.05, 4.69) is 4.98 Å². The zero-order valence-corrected chi connectivity index (χ0v) is 10.3. The fraction of sp³-hybridized carbons (Fsp3) is 0.417. The van der Waals surface area contributed by atoms with Gasteiger partial charge in [-0.05, 0) is 18.9 Å². The number of benzene rings is 1. The Hall–Kier alpha value is -2.15. The van der Waals surface area contributed by atoms with Crippen LogP contribution in [0.4, 0.5) is 5.69 Å². The first kappa shape index (κ1) is 11.9. The molecule has 2 aromatic rings. The lowest BCUT2D eigenvalue weighted by molar-refractivity contribution is -0.384. The molecule has 1 aliphatic rings. The molecule has 1 saturated heterocycles. The smallest absolute Gasteiger partial charge is 0.271 e. The van der Waals surface area contributed by atoms with Crippen molar-refractivity contribution in [2.24, 2.45) is 0 Å². The molecule has 1 fully saturated rings. The maximum Gasteiger partial charge on any atom is 0.271 e. The Morgan fingerprint density at radius 1 is 1.53 bits per heavy atom. The summed E-state index contributed by atoms with van der Waals surface area (Å²) in [7, 11) is 0. The van der Waals surface area contributed by atoms with E-state index in [9.17, 15) is 15.2 Å². The minimum atomic E-state index is -0.412. The highest BCUT2D eigenvalue weighted by atomic mass is 16.6. The van der Waals surface area contributed by atoms with Crippen LogP contribution in [0.15, 0.2) is 24.5 Å². The minimum Gasteiger partial charge on any atom is -0.394 e. The summed E-state index contributed by atoms with van der Waals surface area (Å²) >= 11 is 0. The van der Waals surface area contributed by atoms with E-state index in [4.69, 9.17) is 0 Å². The Morgan fingerprint density at radius 2 is 2.37 bits per heavy atom. The van der Waals surface area contributed by atoms with Gasteiger partial charge in [0.05, 0.1) is 28.6 Å². The third-order valence-electron chi connectivity index (χ3n) is 3.56. The average molecular weight is 262 g/mol. The topological polar surface area (TPSA) is 84.4 Å². The van der Waals surface area contributed by atoms with Crippen LogP contribution in [-0.2, 0) is 0 Å². The maximum atomic E-state index is 10.8. The number of nitro benzene ring substituents is 1. The van der Waals surface area contributed by atoms with Crippen LogP contribution in [0.3, 0.4) is 0 Å². The fourth-order valence-electron chi connectivity index (χ4n) is 2.59. The number of aliphatic hydroxyl groups excluding tert-OH is 1. The molecule has 7 heteroatoms. The summed E-state index contributed by atoms with van der Waals surface area (Å²) in [6, 6.07) is 4.67. The van der Waals surface area contributed by atoms with E-state index < -0.39 is 4.92 Å². The quantitative estimate of drug-likeness (QED) is 0.660. The Bertz CT molecular complexity index is 624. The van der Waals surface area contributed by atoms with Crippen LogP contribution in [0, 0.1) is 10.1 Å². The molecule has 1 aromatic heterocycles. The number of hydrogen-bond donors (Lipinski definition) is 1. The van der Waals surface area contributed by atoms with Gasteiger partial charge in [0.15, 0.2) is 0 Å². The van der Waals surface area contributed by atoms with Gasteiger partial charge in [-0.2, -0.15) is 0 Å². The van der Waals surface area contributed by atoms with Crippen molar-refractivity contribution in [3.05, 3.63) is 34.6 Å². The molecule has 1 N–H and O–H groups in total. The molecule has 2 heterocycles. The molecule has 1 atom stereocenters. The maximum absolute atomic E-state index is 10.8. The van der Waals surface area contributed by atoms with Crippen molar-refractivity contribution in [2.75, 3.05) is 18.2 Å². The molecule has 1 aliphatic heterocycles. The van der Waals surface area contributed by atoms with Gasteiger partial charge in [-0.3, -0.25) is 10.1 Å². The summed E-state index contributed by atoms with van der Waals surface area (Å²) in [5, 5.41) is 22.2. The lowest BCUT2D eigenvalue weighted by Crippen LogP contribution is -2.40. The van der Waals surface area contributed by atoms with Gasteiger partial charge in [-0.1, -0.05) is 0 Å². The number of aromatic nitrogens is 2. The first-order chi connectivity index (χ1) is 9.20. The van der Waals surface area contributed by atoms with Crippen LogP contribution in [0.1, 0.15) is 12.8 Å². The van der Waals surface area contributed by atoms with Crippen molar-refractivity contribution in [3.63, 3.8) is 0 Å². The van der Waals surface area contributed by atoms with Crippen molar-refractivity contribution >= 4 is 16.7 Å². The molecular weight excluding hydrogens is 248 g/mol. The number of imidazole rings is 1. The molecule has 100 valence electrons. The number of nitrogens with zero attached hydrogens (tertiary/aromatic N) is 4. The Morgan fingerprint density at radius 3 is 3.11 bits per heavy atom. The predicted molar refractivity (Wildman–Crippen MR) is 69.6 cm³/mol. The van der Waals surface area contributed by atoms with Gasteiger partial charge in [0.25, 0.3) is 5.69 Å². The van der Waals surface area contributed by atoms with Crippen LogP contribution in [-0.4, -0.2) is 38.9 Å². The first-order valence-corrected chi connectivity index (χ1v) is 6.20. The zero-order valence-electron chi connectivity index (χ0n) is 10.3. The molecule has 0 radical (unpaired) electrons. The Kier molecular flexibility index (Phi) is 2.83. The second-order valence-electron chi connectivity index (χ2n) is 4.66. The zero-order chi connectivity index (χ0) is 13.4. The van der Waals surface area contributed by atoms with Crippen molar-refractivity contribution in [1.82, 2.24) is 9.66 Å². The second-order valence-corrected chi connectivity index (χ2v) is 4.66. The van der Waals surface area contributed by atoms with Crippen molar-refractivity contribution < 1.29 is 10.0 Å². The van der Waals surface area contributed by atoms with Crippen molar-refractivity contribution in [3.8, 4) is 0 Å². The van der Waals surface area contributed by atoms with Gasteiger partial charge in [0, 0.05) is 18.7 Å². The van der Waals surface area contributed by atoms with E-state index in [0.717, 1.165) is 19.4 Å². The summed E-state index contributed by atoms with van der Waals surface area (Å²) in [5.41, 5.74) is 1.47. The van der Waals surface area contributed by atoms with Gasteiger partial charge in [-0.25, -0.2) is 9.66 Å². The molecule has 0 saturated carbocycles. The average Bonchev–Trinajstić information content (AvgIpc) is 3.03. The van der Waals surface area contributed by atoms with E-state index in [1.165, 1.54) is 12.1 Å². The molecule has 0 bridgehead atoms. The molecule has 19 heavy (non-hydrogen) atoms. The largest absolute Gasteiger partial charge is 0.394 e. The summed E-state index contributed by atoms with van der Waals surface area (Å²) in [6.07, 6.45) is 3.58. The van der Waals surface area contributed by atoms with Crippen molar-refractivity contribution in [1.29, 1.82) is 0 Å². The number of non-ortho nitro benzene ring substituents is 1. The van der Waals surface area contributed by atoms with E-state index >= 15 is 0 Å². The summed E-state index contributed by atoms with van der Waals surface area (Å²) < 4.78 is 1.82. The van der Waals surface area contributed by atoms with E-state index in [-0.39, 0.29) is 18.3 Å². The standard InChI is InChI=1S/C12H14N4O3/c17-7-10-2-1-5-14(10)15-8-13-11-4-3-9(16(18)19)6-12(11)15/h3-4,6,8,10,17H,1-2,5,7H2. The third kappa shape index (κ3) is 1.91.